The third kappa shape index (κ3) is 2.46. The normalized spacial score (nSPS) is 10.8. The molecule has 6 nitrogen and oxygen atoms in total. The lowest BCUT2D eigenvalue weighted by Crippen LogP contribution is -2.11. The first-order valence-electron chi connectivity index (χ1n) is 6.25. The second kappa shape index (κ2) is 5.50. The standard InChI is InChI=1S/C13H15ClN4O2/c1-3-10-16-11(4-2)18(17-10)12-8(13(19)20)5-7(15)6-9(12)14/h5-6H,3-4,15H2,1-2H3,(H,19,20). The summed E-state index contributed by atoms with van der Waals surface area (Å²) in [5.74, 6) is 0.201. The molecule has 0 unspecified atom stereocenters. The zero-order valence-electron chi connectivity index (χ0n) is 11.2. The van der Waals surface area contributed by atoms with Gasteiger partial charge in [0.05, 0.1) is 10.6 Å². The van der Waals surface area contributed by atoms with Crippen LogP contribution in [0.4, 0.5) is 5.69 Å². The number of carboxylic acids is 1. The van der Waals surface area contributed by atoms with Crippen LogP contribution in [0.15, 0.2) is 12.1 Å². The van der Waals surface area contributed by atoms with Crippen molar-refractivity contribution in [3.63, 3.8) is 0 Å². The van der Waals surface area contributed by atoms with Crippen molar-refractivity contribution in [1.29, 1.82) is 0 Å². The molecule has 1 heterocycles. The lowest BCUT2D eigenvalue weighted by atomic mass is 10.1. The molecule has 0 saturated carbocycles. The van der Waals surface area contributed by atoms with Gasteiger partial charge in [0.2, 0.25) is 0 Å². The fourth-order valence-electron chi connectivity index (χ4n) is 1.95. The third-order valence-electron chi connectivity index (χ3n) is 2.88. The SMILES string of the molecule is CCc1nc(CC)n(-c2c(Cl)cc(N)cc2C(=O)O)n1. The van der Waals surface area contributed by atoms with Crippen molar-refractivity contribution in [1.82, 2.24) is 14.8 Å². The van der Waals surface area contributed by atoms with Gasteiger partial charge in [0.15, 0.2) is 5.82 Å². The molecule has 0 amide bonds. The summed E-state index contributed by atoms with van der Waals surface area (Å²) >= 11 is 6.16. The lowest BCUT2D eigenvalue weighted by molar-refractivity contribution is 0.0696. The number of carbonyl (C=O) groups is 1. The van der Waals surface area contributed by atoms with E-state index in [0.717, 1.165) is 0 Å². The average molecular weight is 295 g/mol. The molecular weight excluding hydrogens is 280 g/mol. The summed E-state index contributed by atoms with van der Waals surface area (Å²) in [6, 6.07) is 2.88. The number of aromatic nitrogens is 3. The molecule has 2 aromatic rings. The number of carboxylic acid groups (broad SMARTS) is 1. The first-order valence-corrected chi connectivity index (χ1v) is 6.63. The number of halogens is 1. The fraction of sp³-hybridized carbons (Fsp3) is 0.308. The van der Waals surface area contributed by atoms with Gasteiger partial charge in [-0.05, 0) is 12.1 Å². The van der Waals surface area contributed by atoms with Gasteiger partial charge < -0.3 is 10.8 Å². The van der Waals surface area contributed by atoms with E-state index < -0.39 is 5.97 Å². The molecule has 106 valence electrons. The first-order chi connectivity index (χ1) is 9.47. The molecule has 0 spiro atoms. The molecule has 7 heteroatoms. The van der Waals surface area contributed by atoms with Crippen LogP contribution >= 0.6 is 11.6 Å². The number of aromatic carboxylic acids is 1. The number of nitrogen functional groups attached to an aromatic ring is 1. The molecule has 2 rings (SSSR count). The Morgan fingerprint density at radius 1 is 1.40 bits per heavy atom. The Kier molecular flexibility index (Phi) is 3.94. The van der Waals surface area contributed by atoms with Crippen LogP contribution in [-0.2, 0) is 12.8 Å². The Bertz CT molecular complexity index is 667. The Balaban J connectivity index is 2.74. The Morgan fingerprint density at radius 3 is 2.65 bits per heavy atom. The number of rotatable bonds is 4. The molecular formula is C13H15ClN4O2. The number of nitrogens with zero attached hydrogens (tertiary/aromatic N) is 3. The molecule has 20 heavy (non-hydrogen) atoms. The smallest absolute Gasteiger partial charge is 0.338 e. The van der Waals surface area contributed by atoms with Gasteiger partial charge in [-0.3, -0.25) is 0 Å². The maximum atomic E-state index is 11.4. The minimum absolute atomic E-state index is 0.0113. The van der Waals surface area contributed by atoms with Crippen LogP contribution in [-0.4, -0.2) is 25.8 Å². The second-order valence-electron chi connectivity index (χ2n) is 4.27. The Hall–Kier alpha value is -2.08. The van der Waals surface area contributed by atoms with Gasteiger partial charge in [-0.15, -0.1) is 0 Å². The van der Waals surface area contributed by atoms with Crippen LogP contribution in [0.1, 0.15) is 35.9 Å². The van der Waals surface area contributed by atoms with E-state index in [1.165, 1.54) is 16.8 Å². The molecule has 0 aliphatic carbocycles. The van der Waals surface area contributed by atoms with Crippen molar-refractivity contribution in [2.45, 2.75) is 26.7 Å². The van der Waals surface area contributed by atoms with Crippen LogP contribution in [0.2, 0.25) is 5.02 Å². The first kappa shape index (κ1) is 14.3. The lowest BCUT2D eigenvalue weighted by Gasteiger charge is -2.11. The average Bonchev–Trinajstić information content (AvgIpc) is 2.80. The predicted octanol–water partition coefficient (Wildman–Crippen LogP) is 2.33. The van der Waals surface area contributed by atoms with Crippen molar-refractivity contribution in [2.24, 2.45) is 0 Å². The van der Waals surface area contributed by atoms with E-state index in [9.17, 15) is 9.90 Å². The van der Waals surface area contributed by atoms with Gasteiger partial charge in [-0.1, -0.05) is 25.4 Å². The van der Waals surface area contributed by atoms with E-state index in [2.05, 4.69) is 10.1 Å². The minimum Gasteiger partial charge on any atom is -0.478 e. The summed E-state index contributed by atoms with van der Waals surface area (Å²) in [5, 5.41) is 13.9. The van der Waals surface area contributed by atoms with Crippen LogP contribution < -0.4 is 5.73 Å². The summed E-state index contributed by atoms with van der Waals surface area (Å²) in [7, 11) is 0. The van der Waals surface area contributed by atoms with Crippen molar-refractivity contribution in [2.75, 3.05) is 5.73 Å². The monoisotopic (exact) mass is 294 g/mol. The van der Waals surface area contributed by atoms with Gasteiger partial charge in [-0.2, -0.15) is 5.10 Å². The van der Waals surface area contributed by atoms with E-state index in [4.69, 9.17) is 17.3 Å². The highest BCUT2D eigenvalue weighted by Crippen LogP contribution is 2.28. The number of benzene rings is 1. The summed E-state index contributed by atoms with van der Waals surface area (Å²) < 4.78 is 1.49. The number of nitrogens with two attached hydrogens (primary N) is 1. The highest BCUT2D eigenvalue weighted by atomic mass is 35.5. The van der Waals surface area contributed by atoms with Crippen LogP contribution in [0.25, 0.3) is 5.69 Å². The topological polar surface area (TPSA) is 94.0 Å². The molecule has 0 fully saturated rings. The summed E-state index contributed by atoms with van der Waals surface area (Å²) in [5.41, 5.74) is 6.26. The van der Waals surface area contributed by atoms with E-state index in [-0.39, 0.29) is 10.6 Å². The number of hydrogen-bond acceptors (Lipinski definition) is 4. The zero-order valence-corrected chi connectivity index (χ0v) is 12.0. The maximum Gasteiger partial charge on any atom is 0.338 e. The van der Waals surface area contributed by atoms with Crippen molar-refractivity contribution in [3.05, 3.63) is 34.4 Å². The Labute approximate surface area is 121 Å². The second-order valence-corrected chi connectivity index (χ2v) is 4.67. The highest BCUT2D eigenvalue weighted by Gasteiger charge is 2.20. The van der Waals surface area contributed by atoms with Gasteiger partial charge in [-0.25, -0.2) is 14.5 Å². The van der Waals surface area contributed by atoms with E-state index in [0.29, 0.717) is 35.9 Å². The van der Waals surface area contributed by atoms with Crippen molar-refractivity contribution < 1.29 is 9.90 Å². The third-order valence-corrected chi connectivity index (χ3v) is 3.17. The van der Waals surface area contributed by atoms with Gasteiger partial charge in [0, 0.05) is 18.5 Å². The molecule has 0 atom stereocenters. The molecule has 1 aromatic heterocycles. The zero-order chi connectivity index (χ0) is 14.9. The van der Waals surface area contributed by atoms with Crippen LogP contribution in [0.3, 0.4) is 0 Å². The molecule has 0 saturated heterocycles. The Morgan fingerprint density at radius 2 is 2.10 bits per heavy atom. The van der Waals surface area contributed by atoms with Crippen molar-refractivity contribution in [3.8, 4) is 5.69 Å². The molecule has 1 aromatic carbocycles. The van der Waals surface area contributed by atoms with E-state index >= 15 is 0 Å². The van der Waals surface area contributed by atoms with Gasteiger partial charge in [0.1, 0.15) is 11.5 Å². The number of anilines is 1. The summed E-state index contributed by atoms with van der Waals surface area (Å²) in [4.78, 5) is 15.8. The molecule has 3 N–H and O–H groups in total. The largest absolute Gasteiger partial charge is 0.478 e. The summed E-state index contributed by atoms with van der Waals surface area (Å²) in [6.45, 7) is 3.85. The van der Waals surface area contributed by atoms with Crippen LogP contribution in [0, 0.1) is 0 Å². The quantitative estimate of drug-likeness (QED) is 0.844. The molecule has 0 bridgehead atoms. The highest BCUT2D eigenvalue weighted by molar-refractivity contribution is 6.33. The molecule has 0 aliphatic heterocycles. The maximum absolute atomic E-state index is 11.4. The summed E-state index contributed by atoms with van der Waals surface area (Å²) in [6.07, 6.45) is 1.28. The van der Waals surface area contributed by atoms with Crippen molar-refractivity contribution >= 4 is 23.3 Å². The van der Waals surface area contributed by atoms with Gasteiger partial charge >= 0.3 is 5.97 Å². The molecule has 0 radical (unpaired) electrons. The fourth-order valence-corrected chi connectivity index (χ4v) is 2.26. The number of hydrogen-bond donors (Lipinski definition) is 2. The number of aryl methyl sites for hydroxylation is 2. The van der Waals surface area contributed by atoms with E-state index in [1.807, 2.05) is 13.8 Å². The van der Waals surface area contributed by atoms with E-state index in [1.54, 1.807) is 0 Å². The predicted molar refractivity (Wildman–Crippen MR) is 76.5 cm³/mol. The van der Waals surface area contributed by atoms with Gasteiger partial charge in [0.25, 0.3) is 0 Å². The van der Waals surface area contributed by atoms with Crippen LogP contribution in [0.5, 0.6) is 0 Å². The minimum atomic E-state index is -1.11. The molecule has 0 aliphatic rings.